The van der Waals surface area contributed by atoms with Crippen LogP contribution in [0.5, 0.6) is 11.5 Å². The fourth-order valence-electron chi connectivity index (χ4n) is 1.83. The molecule has 2 rings (SSSR count). The molecule has 0 saturated carbocycles. The largest absolute Gasteiger partial charge is 0.508 e. The van der Waals surface area contributed by atoms with Crippen LogP contribution in [0.3, 0.4) is 0 Å². The number of phenols is 2. The Balaban J connectivity index is 2.31. The summed E-state index contributed by atoms with van der Waals surface area (Å²) in [5.74, 6) is -0.782. The van der Waals surface area contributed by atoms with Gasteiger partial charge in [0.2, 0.25) is 0 Å². The van der Waals surface area contributed by atoms with Crippen LogP contribution in [0.1, 0.15) is 15.9 Å². The summed E-state index contributed by atoms with van der Waals surface area (Å²) in [6.45, 7) is 1.64. The number of nitro benzene ring substituents is 1. The Morgan fingerprint density at radius 3 is 2.52 bits per heavy atom. The topological polar surface area (TPSA) is 113 Å². The Morgan fingerprint density at radius 2 is 1.90 bits per heavy atom. The second-order valence-corrected chi connectivity index (χ2v) is 4.41. The van der Waals surface area contributed by atoms with Gasteiger partial charge in [0.25, 0.3) is 11.6 Å². The van der Waals surface area contributed by atoms with Gasteiger partial charge in [-0.3, -0.25) is 14.9 Å². The van der Waals surface area contributed by atoms with Crippen LogP contribution in [0.2, 0.25) is 0 Å². The third-order valence-electron chi connectivity index (χ3n) is 2.89. The number of amides is 1. The molecule has 7 heteroatoms. The molecule has 0 aliphatic heterocycles. The molecule has 21 heavy (non-hydrogen) atoms. The molecule has 2 aromatic carbocycles. The van der Waals surface area contributed by atoms with E-state index in [0.717, 1.165) is 18.2 Å². The minimum Gasteiger partial charge on any atom is -0.508 e. The van der Waals surface area contributed by atoms with Crippen LogP contribution >= 0.6 is 0 Å². The number of phenolic OH excluding ortho intramolecular Hbond substituents is 2. The number of hydrogen-bond acceptors (Lipinski definition) is 5. The van der Waals surface area contributed by atoms with Gasteiger partial charge in [-0.1, -0.05) is 0 Å². The Hall–Kier alpha value is -3.09. The highest BCUT2D eigenvalue weighted by Gasteiger charge is 2.15. The first-order valence-corrected chi connectivity index (χ1v) is 5.97. The Kier molecular flexibility index (Phi) is 3.75. The molecule has 0 aromatic heterocycles. The van der Waals surface area contributed by atoms with Gasteiger partial charge in [0, 0.05) is 17.7 Å². The van der Waals surface area contributed by atoms with Crippen molar-refractivity contribution in [1.82, 2.24) is 0 Å². The number of anilines is 1. The highest BCUT2D eigenvalue weighted by Crippen LogP contribution is 2.28. The molecule has 3 N–H and O–H groups in total. The maximum absolute atomic E-state index is 12.1. The summed E-state index contributed by atoms with van der Waals surface area (Å²) in [7, 11) is 0. The van der Waals surface area contributed by atoms with Crippen LogP contribution in [0.4, 0.5) is 11.4 Å². The number of benzene rings is 2. The van der Waals surface area contributed by atoms with Gasteiger partial charge in [-0.15, -0.1) is 0 Å². The molecule has 0 heterocycles. The van der Waals surface area contributed by atoms with Crippen molar-refractivity contribution >= 4 is 17.3 Å². The van der Waals surface area contributed by atoms with Crippen molar-refractivity contribution < 1.29 is 19.9 Å². The van der Waals surface area contributed by atoms with Crippen molar-refractivity contribution in [1.29, 1.82) is 0 Å². The number of rotatable bonds is 3. The van der Waals surface area contributed by atoms with Crippen molar-refractivity contribution in [3.05, 3.63) is 57.6 Å². The van der Waals surface area contributed by atoms with E-state index in [1.807, 2.05) is 0 Å². The first-order chi connectivity index (χ1) is 9.88. The average Bonchev–Trinajstić information content (AvgIpc) is 2.40. The third-order valence-corrected chi connectivity index (χ3v) is 2.89. The Bertz CT molecular complexity index is 727. The van der Waals surface area contributed by atoms with E-state index in [1.54, 1.807) is 6.92 Å². The number of nitro groups is 1. The van der Waals surface area contributed by atoms with Gasteiger partial charge in [-0.2, -0.15) is 0 Å². The Morgan fingerprint density at radius 1 is 1.19 bits per heavy atom. The summed E-state index contributed by atoms with van der Waals surface area (Å²) in [5, 5.41) is 32.1. The molecule has 0 bridgehead atoms. The molecule has 0 spiro atoms. The standard InChI is InChI=1S/C14H12N2O5/c1-8-6-10(17)3-4-11(8)14(19)15-12-7-9(16(20)21)2-5-13(12)18/h2-7,17-18H,1H3,(H,15,19). The summed E-state index contributed by atoms with van der Waals surface area (Å²) in [6, 6.07) is 7.54. The molecule has 0 aliphatic carbocycles. The molecule has 7 nitrogen and oxygen atoms in total. The molecular weight excluding hydrogens is 276 g/mol. The molecule has 2 aromatic rings. The first kappa shape index (κ1) is 14.3. The molecular formula is C14H12N2O5. The minimum absolute atomic E-state index is 0.0299. The summed E-state index contributed by atoms with van der Waals surface area (Å²) in [4.78, 5) is 22.2. The van der Waals surface area contributed by atoms with Crippen LogP contribution in [-0.2, 0) is 0 Å². The second kappa shape index (κ2) is 5.49. The van der Waals surface area contributed by atoms with Crippen LogP contribution in [-0.4, -0.2) is 21.0 Å². The lowest BCUT2D eigenvalue weighted by Gasteiger charge is -2.09. The minimum atomic E-state index is -0.624. The van der Waals surface area contributed by atoms with Crippen molar-refractivity contribution in [3.63, 3.8) is 0 Å². The zero-order chi connectivity index (χ0) is 15.6. The van der Waals surface area contributed by atoms with E-state index in [1.165, 1.54) is 18.2 Å². The third kappa shape index (κ3) is 3.08. The average molecular weight is 288 g/mol. The fourth-order valence-corrected chi connectivity index (χ4v) is 1.83. The molecule has 0 saturated heterocycles. The molecule has 0 aliphatic rings. The number of nitrogens with one attached hydrogen (secondary N) is 1. The highest BCUT2D eigenvalue weighted by molar-refractivity contribution is 6.06. The predicted molar refractivity (Wildman–Crippen MR) is 75.6 cm³/mol. The van der Waals surface area contributed by atoms with Gasteiger partial charge in [0.1, 0.15) is 11.5 Å². The van der Waals surface area contributed by atoms with E-state index in [2.05, 4.69) is 5.32 Å². The van der Waals surface area contributed by atoms with Gasteiger partial charge in [-0.05, 0) is 36.8 Å². The maximum Gasteiger partial charge on any atom is 0.271 e. The quantitative estimate of drug-likeness (QED) is 0.456. The van der Waals surface area contributed by atoms with Crippen LogP contribution in [0.15, 0.2) is 36.4 Å². The van der Waals surface area contributed by atoms with Crippen molar-refractivity contribution in [2.45, 2.75) is 6.92 Å². The fraction of sp³-hybridized carbons (Fsp3) is 0.0714. The molecule has 0 fully saturated rings. The zero-order valence-electron chi connectivity index (χ0n) is 11.0. The summed E-state index contributed by atoms with van der Waals surface area (Å²) in [5.41, 5.74) is 0.531. The van der Waals surface area contributed by atoms with Crippen LogP contribution in [0.25, 0.3) is 0 Å². The number of aromatic hydroxyl groups is 2. The van der Waals surface area contributed by atoms with E-state index < -0.39 is 10.8 Å². The lowest BCUT2D eigenvalue weighted by Crippen LogP contribution is -2.13. The van der Waals surface area contributed by atoms with Gasteiger partial charge < -0.3 is 15.5 Å². The smallest absolute Gasteiger partial charge is 0.271 e. The molecule has 0 unspecified atom stereocenters. The number of nitrogens with zero attached hydrogens (tertiary/aromatic N) is 1. The number of aryl methyl sites for hydroxylation is 1. The zero-order valence-corrected chi connectivity index (χ0v) is 11.0. The van der Waals surface area contributed by atoms with Crippen LogP contribution in [0, 0.1) is 17.0 Å². The van der Waals surface area contributed by atoms with Crippen molar-refractivity contribution in [2.24, 2.45) is 0 Å². The van der Waals surface area contributed by atoms with Gasteiger partial charge in [0.15, 0.2) is 0 Å². The first-order valence-electron chi connectivity index (χ1n) is 5.97. The van der Waals surface area contributed by atoms with Crippen molar-refractivity contribution in [2.75, 3.05) is 5.32 Å². The molecule has 0 atom stereocenters. The summed E-state index contributed by atoms with van der Waals surface area (Å²) >= 11 is 0. The van der Waals surface area contributed by atoms with E-state index in [0.29, 0.717) is 11.1 Å². The van der Waals surface area contributed by atoms with E-state index in [-0.39, 0.29) is 22.9 Å². The number of carbonyl (C=O) groups is 1. The maximum atomic E-state index is 12.1. The normalized spacial score (nSPS) is 10.1. The van der Waals surface area contributed by atoms with E-state index in [9.17, 15) is 25.1 Å². The van der Waals surface area contributed by atoms with Gasteiger partial charge in [-0.25, -0.2) is 0 Å². The van der Waals surface area contributed by atoms with E-state index in [4.69, 9.17) is 0 Å². The SMILES string of the molecule is Cc1cc(O)ccc1C(=O)Nc1cc([N+](=O)[O-])ccc1O. The predicted octanol–water partition coefficient (Wildman–Crippen LogP) is 2.57. The lowest BCUT2D eigenvalue weighted by atomic mass is 10.1. The number of non-ortho nitro benzene ring substituents is 1. The second-order valence-electron chi connectivity index (χ2n) is 4.41. The number of carbonyl (C=O) groups excluding carboxylic acids is 1. The molecule has 108 valence electrons. The molecule has 0 radical (unpaired) electrons. The van der Waals surface area contributed by atoms with Gasteiger partial charge in [0.05, 0.1) is 10.6 Å². The molecule has 1 amide bonds. The summed E-state index contributed by atoms with van der Waals surface area (Å²) in [6.07, 6.45) is 0. The Labute approximate surface area is 119 Å². The monoisotopic (exact) mass is 288 g/mol. The van der Waals surface area contributed by atoms with Crippen LogP contribution < -0.4 is 5.32 Å². The van der Waals surface area contributed by atoms with Gasteiger partial charge >= 0.3 is 0 Å². The highest BCUT2D eigenvalue weighted by atomic mass is 16.6. The summed E-state index contributed by atoms with van der Waals surface area (Å²) < 4.78 is 0. The lowest BCUT2D eigenvalue weighted by molar-refractivity contribution is -0.384. The van der Waals surface area contributed by atoms with Crippen molar-refractivity contribution in [3.8, 4) is 11.5 Å². The van der Waals surface area contributed by atoms with E-state index >= 15 is 0 Å². The number of hydrogen-bond donors (Lipinski definition) is 3.